The van der Waals surface area contributed by atoms with Crippen LogP contribution in [-0.2, 0) is 4.74 Å². The number of hydrogen-bond acceptors (Lipinski definition) is 2. The van der Waals surface area contributed by atoms with E-state index in [2.05, 4.69) is 26.1 Å². The molecule has 1 rings (SSSR count). The van der Waals surface area contributed by atoms with Crippen molar-refractivity contribution in [2.45, 2.75) is 58.6 Å². The van der Waals surface area contributed by atoms with Crippen LogP contribution in [0, 0.1) is 5.92 Å². The minimum Gasteiger partial charge on any atom is -0.378 e. The molecule has 84 valence electrons. The number of rotatable bonds is 6. The van der Waals surface area contributed by atoms with Crippen LogP contribution < -0.4 is 5.32 Å². The van der Waals surface area contributed by atoms with Crippen molar-refractivity contribution in [2.75, 3.05) is 13.2 Å². The summed E-state index contributed by atoms with van der Waals surface area (Å²) >= 11 is 0. The normalized spacial score (nSPS) is 24.4. The molecule has 0 aromatic heterocycles. The molecule has 1 aliphatic rings. The fourth-order valence-corrected chi connectivity index (χ4v) is 2.17. The van der Waals surface area contributed by atoms with Gasteiger partial charge in [0.15, 0.2) is 0 Å². The van der Waals surface area contributed by atoms with Gasteiger partial charge in [0.05, 0.1) is 6.10 Å². The van der Waals surface area contributed by atoms with Crippen molar-refractivity contribution in [1.82, 2.24) is 5.32 Å². The van der Waals surface area contributed by atoms with Crippen LogP contribution >= 0.6 is 0 Å². The van der Waals surface area contributed by atoms with E-state index in [1.165, 1.54) is 25.7 Å². The minimum atomic E-state index is 0.551. The van der Waals surface area contributed by atoms with Gasteiger partial charge in [-0.2, -0.15) is 0 Å². The first-order valence-corrected chi connectivity index (χ1v) is 6.09. The quantitative estimate of drug-likeness (QED) is 0.710. The maximum atomic E-state index is 5.63. The van der Waals surface area contributed by atoms with Gasteiger partial charge in [0.1, 0.15) is 0 Å². The average Bonchev–Trinajstić information content (AvgIpc) is 2.64. The van der Waals surface area contributed by atoms with Crippen LogP contribution in [0.1, 0.15) is 46.5 Å². The zero-order valence-corrected chi connectivity index (χ0v) is 9.88. The molecule has 14 heavy (non-hydrogen) atoms. The summed E-state index contributed by atoms with van der Waals surface area (Å²) in [6.07, 6.45) is 5.58. The molecule has 1 N–H and O–H groups in total. The molecule has 2 unspecified atom stereocenters. The molecule has 2 heteroatoms. The predicted octanol–water partition coefficient (Wildman–Crippen LogP) is 2.58. The molecule has 0 spiro atoms. The second-order valence-electron chi connectivity index (χ2n) is 4.62. The Morgan fingerprint density at radius 3 is 2.71 bits per heavy atom. The number of ether oxygens (including phenoxy) is 1. The van der Waals surface area contributed by atoms with Crippen LogP contribution in [0.3, 0.4) is 0 Å². The molecule has 1 fully saturated rings. The monoisotopic (exact) mass is 199 g/mol. The fourth-order valence-electron chi connectivity index (χ4n) is 2.17. The van der Waals surface area contributed by atoms with Gasteiger partial charge in [0.25, 0.3) is 0 Å². The van der Waals surface area contributed by atoms with E-state index in [0.29, 0.717) is 12.1 Å². The Bertz CT molecular complexity index is 141. The summed E-state index contributed by atoms with van der Waals surface area (Å²) in [5.74, 6) is 0.733. The molecule has 0 aromatic carbocycles. The highest BCUT2D eigenvalue weighted by Gasteiger charge is 2.18. The lowest BCUT2D eigenvalue weighted by atomic mass is 9.97. The minimum absolute atomic E-state index is 0.551. The Morgan fingerprint density at radius 2 is 2.21 bits per heavy atom. The smallest absolute Gasteiger partial charge is 0.0576 e. The Morgan fingerprint density at radius 1 is 1.43 bits per heavy atom. The van der Waals surface area contributed by atoms with Gasteiger partial charge in [-0.3, -0.25) is 0 Å². The second kappa shape index (κ2) is 6.41. The van der Waals surface area contributed by atoms with E-state index in [4.69, 9.17) is 4.74 Å². The van der Waals surface area contributed by atoms with Gasteiger partial charge < -0.3 is 10.1 Å². The van der Waals surface area contributed by atoms with Crippen molar-refractivity contribution in [1.29, 1.82) is 0 Å². The third-order valence-electron chi connectivity index (χ3n) is 3.09. The van der Waals surface area contributed by atoms with Gasteiger partial charge >= 0.3 is 0 Å². The Hall–Kier alpha value is -0.0800. The average molecular weight is 199 g/mol. The molecular weight excluding hydrogens is 174 g/mol. The second-order valence-corrected chi connectivity index (χ2v) is 4.62. The van der Waals surface area contributed by atoms with E-state index in [0.717, 1.165) is 19.1 Å². The summed E-state index contributed by atoms with van der Waals surface area (Å²) < 4.78 is 5.63. The van der Waals surface area contributed by atoms with Gasteiger partial charge in [-0.25, -0.2) is 0 Å². The summed E-state index contributed by atoms with van der Waals surface area (Å²) in [6.45, 7) is 8.83. The zero-order chi connectivity index (χ0) is 10.4. The highest BCUT2D eigenvalue weighted by atomic mass is 16.5. The van der Waals surface area contributed by atoms with Crippen LogP contribution in [0.2, 0.25) is 0 Å². The van der Waals surface area contributed by atoms with E-state index in [-0.39, 0.29) is 0 Å². The summed E-state index contributed by atoms with van der Waals surface area (Å²) in [4.78, 5) is 0. The molecule has 1 heterocycles. The molecule has 2 nitrogen and oxygen atoms in total. The molecule has 0 radical (unpaired) electrons. The SMILES string of the molecule is CCNC(CCC1CCCO1)C(C)C. The van der Waals surface area contributed by atoms with Gasteiger partial charge in [0, 0.05) is 12.6 Å². The van der Waals surface area contributed by atoms with E-state index in [9.17, 15) is 0 Å². The van der Waals surface area contributed by atoms with Crippen molar-refractivity contribution in [3.05, 3.63) is 0 Å². The largest absolute Gasteiger partial charge is 0.378 e. The molecule has 0 amide bonds. The topological polar surface area (TPSA) is 21.3 Å². The van der Waals surface area contributed by atoms with Gasteiger partial charge in [-0.1, -0.05) is 20.8 Å². The maximum absolute atomic E-state index is 5.63. The molecule has 0 aromatic rings. The van der Waals surface area contributed by atoms with E-state index in [1.807, 2.05) is 0 Å². The number of hydrogen-bond donors (Lipinski definition) is 1. The fraction of sp³-hybridized carbons (Fsp3) is 1.00. The van der Waals surface area contributed by atoms with Crippen molar-refractivity contribution in [3.8, 4) is 0 Å². The molecule has 0 aliphatic carbocycles. The van der Waals surface area contributed by atoms with Crippen LogP contribution in [0.4, 0.5) is 0 Å². The first-order chi connectivity index (χ1) is 6.74. The van der Waals surface area contributed by atoms with Gasteiger partial charge in [0.2, 0.25) is 0 Å². The summed E-state index contributed by atoms with van der Waals surface area (Å²) in [5.41, 5.74) is 0. The third kappa shape index (κ3) is 3.97. The zero-order valence-electron chi connectivity index (χ0n) is 9.88. The highest BCUT2D eigenvalue weighted by Crippen LogP contribution is 2.19. The Kier molecular flexibility index (Phi) is 5.49. The lowest BCUT2D eigenvalue weighted by molar-refractivity contribution is 0.0979. The highest BCUT2D eigenvalue weighted by molar-refractivity contribution is 4.73. The maximum Gasteiger partial charge on any atom is 0.0576 e. The van der Waals surface area contributed by atoms with Crippen molar-refractivity contribution < 1.29 is 4.74 Å². The third-order valence-corrected chi connectivity index (χ3v) is 3.09. The predicted molar refractivity (Wildman–Crippen MR) is 60.5 cm³/mol. The van der Waals surface area contributed by atoms with Crippen LogP contribution in [-0.4, -0.2) is 25.3 Å². The van der Waals surface area contributed by atoms with Crippen molar-refractivity contribution >= 4 is 0 Å². The molecule has 1 saturated heterocycles. The summed E-state index contributed by atoms with van der Waals surface area (Å²) in [7, 11) is 0. The van der Waals surface area contributed by atoms with Gasteiger partial charge in [-0.05, 0) is 38.1 Å². The van der Waals surface area contributed by atoms with Crippen molar-refractivity contribution in [2.24, 2.45) is 5.92 Å². The standard InChI is InChI=1S/C12H25NO/c1-4-13-12(10(2)3)8-7-11-6-5-9-14-11/h10-13H,4-9H2,1-3H3. The molecule has 0 saturated carbocycles. The Labute approximate surface area is 88.4 Å². The van der Waals surface area contributed by atoms with E-state index < -0.39 is 0 Å². The van der Waals surface area contributed by atoms with E-state index in [1.54, 1.807) is 0 Å². The summed E-state index contributed by atoms with van der Waals surface area (Å²) in [5, 5.41) is 3.55. The van der Waals surface area contributed by atoms with Gasteiger partial charge in [-0.15, -0.1) is 0 Å². The van der Waals surface area contributed by atoms with Crippen molar-refractivity contribution in [3.63, 3.8) is 0 Å². The lowest BCUT2D eigenvalue weighted by Gasteiger charge is -2.23. The summed E-state index contributed by atoms with van der Waals surface area (Å²) in [6, 6.07) is 0.671. The molecule has 1 aliphatic heterocycles. The van der Waals surface area contributed by atoms with Crippen LogP contribution in [0.15, 0.2) is 0 Å². The Balaban J connectivity index is 2.17. The van der Waals surface area contributed by atoms with Crippen LogP contribution in [0.5, 0.6) is 0 Å². The first kappa shape index (κ1) is 12.0. The molecule has 0 bridgehead atoms. The lowest BCUT2D eigenvalue weighted by Crippen LogP contribution is -2.34. The molecular formula is C12H25NO. The number of nitrogens with one attached hydrogen (secondary N) is 1. The molecule has 2 atom stereocenters. The van der Waals surface area contributed by atoms with Crippen LogP contribution in [0.25, 0.3) is 0 Å². The first-order valence-electron chi connectivity index (χ1n) is 6.09. The van der Waals surface area contributed by atoms with E-state index >= 15 is 0 Å².